The molecule has 104 valence electrons. The van der Waals surface area contributed by atoms with E-state index >= 15 is 0 Å². The predicted molar refractivity (Wildman–Crippen MR) is 84.7 cm³/mol. The molecule has 0 aliphatic rings. The number of hydrogen-bond donors (Lipinski definition) is 1. The van der Waals surface area contributed by atoms with Gasteiger partial charge in [-0.2, -0.15) is 5.10 Å². The molecule has 4 nitrogen and oxygen atoms in total. The highest BCUT2D eigenvalue weighted by molar-refractivity contribution is 9.10. The maximum atomic E-state index is 11.6. The van der Waals surface area contributed by atoms with E-state index in [2.05, 4.69) is 26.5 Å². The average molecular weight is 353 g/mol. The van der Waals surface area contributed by atoms with Gasteiger partial charge in [-0.1, -0.05) is 34.1 Å². The molecule has 2 rings (SSSR count). The van der Waals surface area contributed by atoms with Crippen molar-refractivity contribution in [2.45, 2.75) is 5.75 Å². The fourth-order valence-electron chi connectivity index (χ4n) is 1.43. The first-order valence-electron chi connectivity index (χ1n) is 5.92. The summed E-state index contributed by atoms with van der Waals surface area (Å²) < 4.78 is 6.12. The molecule has 0 spiro atoms. The lowest BCUT2D eigenvalue weighted by molar-refractivity contribution is -0.118. The number of hydrogen-bond acceptors (Lipinski definition) is 4. The number of carbonyl (C=O) groups excluding carboxylic acids is 1. The molecule has 0 aliphatic carbocycles. The van der Waals surface area contributed by atoms with Crippen LogP contribution >= 0.6 is 27.7 Å². The summed E-state index contributed by atoms with van der Waals surface area (Å²) in [6.07, 6.45) is 3.02. The summed E-state index contributed by atoms with van der Waals surface area (Å²) in [6.45, 7) is 0. The molecule has 1 aromatic carbocycles. The van der Waals surface area contributed by atoms with Crippen molar-refractivity contribution in [2.75, 3.05) is 5.75 Å². The second kappa shape index (κ2) is 7.91. The summed E-state index contributed by atoms with van der Waals surface area (Å²) in [6, 6.07) is 11.5. The topological polar surface area (TPSA) is 54.6 Å². The van der Waals surface area contributed by atoms with Gasteiger partial charge < -0.3 is 4.42 Å². The van der Waals surface area contributed by atoms with Crippen molar-refractivity contribution in [1.29, 1.82) is 0 Å². The molecule has 0 saturated carbocycles. The fraction of sp³-hybridized carbons (Fsp3) is 0.143. The second-order valence-corrected chi connectivity index (χ2v) is 5.73. The van der Waals surface area contributed by atoms with Gasteiger partial charge in [0.05, 0.1) is 18.2 Å². The molecule has 0 saturated heterocycles. The van der Waals surface area contributed by atoms with E-state index in [0.717, 1.165) is 10.2 Å². The molecule has 0 aliphatic heterocycles. The third-order valence-corrected chi connectivity index (χ3v) is 4.13. The minimum Gasteiger partial charge on any atom is -0.463 e. The zero-order chi connectivity index (χ0) is 14.2. The van der Waals surface area contributed by atoms with Crippen LogP contribution in [-0.2, 0) is 10.5 Å². The summed E-state index contributed by atoms with van der Waals surface area (Å²) >= 11 is 5.02. The van der Waals surface area contributed by atoms with Gasteiger partial charge in [-0.15, -0.1) is 11.8 Å². The molecule has 0 unspecified atom stereocenters. The van der Waals surface area contributed by atoms with Gasteiger partial charge in [0.1, 0.15) is 5.76 Å². The molecule has 20 heavy (non-hydrogen) atoms. The molecule has 2 aromatic rings. The van der Waals surface area contributed by atoms with Crippen LogP contribution in [0, 0.1) is 0 Å². The van der Waals surface area contributed by atoms with Crippen molar-refractivity contribution in [3.05, 3.63) is 58.5 Å². The Labute approximate surface area is 129 Å². The van der Waals surface area contributed by atoms with Crippen LogP contribution in [0.3, 0.4) is 0 Å². The van der Waals surface area contributed by atoms with Crippen LogP contribution in [-0.4, -0.2) is 17.9 Å². The predicted octanol–water partition coefficient (Wildman–Crippen LogP) is 3.43. The Hall–Kier alpha value is -1.53. The van der Waals surface area contributed by atoms with Gasteiger partial charge in [-0.25, -0.2) is 5.43 Å². The van der Waals surface area contributed by atoms with E-state index in [9.17, 15) is 4.79 Å². The average Bonchev–Trinajstić information content (AvgIpc) is 2.94. The first-order valence-corrected chi connectivity index (χ1v) is 7.87. The monoisotopic (exact) mass is 352 g/mol. The molecule has 0 fully saturated rings. The molecule has 0 radical (unpaired) electrons. The number of nitrogens with zero attached hydrogens (tertiary/aromatic N) is 1. The maximum Gasteiger partial charge on any atom is 0.250 e. The molecule has 6 heteroatoms. The third-order valence-electron chi connectivity index (χ3n) is 2.37. The summed E-state index contributed by atoms with van der Waals surface area (Å²) in [5.74, 6) is 1.60. The van der Waals surface area contributed by atoms with Crippen molar-refractivity contribution < 1.29 is 9.21 Å². The zero-order valence-electron chi connectivity index (χ0n) is 10.6. The standard InChI is InChI=1S/C14H13BrN2O2S/c15-13-6-2-1-4-11(13)9-20-10-14(18)17-16-8-12-5-3-7-19-12/h1-8H,9-10H2,(H,17,18)/b16-8+. The van der Waals surface area contributed by atoms with Crippen molar-refractivity contribution in [3.63, 3.8) is 0 Å². The highest BCUT2D eigenvalue weighted by Gasteiger charge is 2.02. The number of thioether (sulfide) groups is 1. The number of hydrazone groups is 1. The van der Waals surface area contributed by atoms with Crippen LogP contribution in [0.1, 0.15) is 11.3 Å². The number of amides is 1. The molecular formula is C14H13BrN2O2S. The molecule has 1 heterocycles. The smallest absolute Gasteiger partial charge is 0.250 e. The SMILES string of the molecule is O=C(CSCc1ccccc1Br)N/N=C/c1ccco1. The van der Waals surface area contributed by atoms with Crippen LogP contribution in [0.4, 0.5) is 0 Å². The van der Waals surface area contributed by atoms with Gasteiger partial charge in [-0.05, 0) is 23.8 Å². The van der Waals surface area contributed by atoms with Gasteiger partial charge in [-0.3, -0.25) is 4.79 Å². The second-order valence-electron chi connectivity index (χ2n) is 3.89. The van der Waals surface area contributed by atoms with Gasteiger partial charge >= 0.3 is 0 Å². The summed E-state index contributed by atoms with van der Waals surface area (Å²) in [5.41, 5.74) is 3.63. The van der Waals surface area contributed by atoms with E-state index in [-0.39, 0.29) is 5.91 Å². The number of nitrogens with one attached hydrogen (secondary N) is 1. The van der Waals surface area contributed by atoms with E-state index in [1.54, 1.807) is 18.4 Å². The van der Waals surface area contributed by atoms with E-state index in [4.69, 9.17) is 4.42 Å². The minimum atomic E-state index is -0.134. The Morgan fingerprint density at radius 3 is 2.95 bits per heavy atom. The van der Waals surface area contributed by atoms with Crippen LogP contribution in [0.5, 0.6) is 0 Å². The summed E-state index contributed by atoms with van der Waals surface area (Å²) in [7, 11) is 0. The maximum absolute atomic E-state index is 11.6. The molecular weight excluding hydrogens is 340 g/mol. The van der Waals surface area contributed by atoms with Gasteiger partial charge in [0.15, 0.2) is 0 Å². The van der Waals surface area contributed by atoms with Crippen molar-refractivity contribution in [1.82, 2.24) is 5.43 Å². The molecule has 0 atom stereocenters. The zero-order valence-corrected chi connectivity index (χ0v) is 13.0. The molecule has 1 aromatic heterocycles. The highest BCUT2D eigenvalue weighted by Crippen LogP contribution is 2.20. The lowest BCUT2D eigenvalue weighted by Crippen LogP contribution is -2.19. The van der Waals surface area contributed by atoms with Crippen LogP contribution in [0.2, 0.25) is 0 Å². The van der Waals surface area contributed by atoms with E-state index in [1.807, 2.05) is 24.3 Å². The Morgan fingerprint density at radius 2 is 2.20 bits per heavy atom. The lowest BCUT2D eigenvalue weighted by atomic mass is 10.2. The van der Waals surface area contributed by atoms with Gasteiger partial charge in [0.25, 0.3) is 0 Å². The van der Waals surface area contributed by atoms with Gasteiger partial charge in [0, 0.05) is 10.2 Å². The van der Waals surface area contributed by atoms with E-state index < -0.39 is 0 Å². The van der Waals surface area contributed by atoms with Crippen LogP contribution in [0.15, 0.2) is 56.7 Å². The fourth-order valence-corrected chi connectivity index (χ4v) is 2.87. The van der Waals surface area contributed by atoms with Crippen LogP contribution in [0.25, 0.3) is 0 Å². The number of halogens is 1. The number of benzene rings is 1. The summed E-state index contributed by atoms with van der Waals surface area (Å²) in [4.78, 5) is 11.6. The normalized spacial score (nSPS) is 10.8. The quantitative estimate of drug-likeness (QED) is 0.640. The first-order chi connectivity index (χ1) is 9.75. The first kappa shape index (κ1) is 14.9. The van der Waals surface area contributed by atoms with Gasteiger partial charge in [0.2, 0.25) is 5.91 Å². The lowest BCUT2D eigenvalue weighted by Gasteiger charge is -2.03. The van der Waals surface area contributed by atoms with Crippen molar-refractivity contribution in [2.24, 2.45) is 5.10 Å². The Morgan fingerprint density at radius 1 is 1.35 bits per heavy atom. The van der Waals surface area contributed by atoms with Crippen molar-refractivity contribution >= 4 is 39.8 Å². The van der Waals surface area contributed by atoms with Crippen LogP contribution < -0.4 is 5.43 Å². The van der Waals surface area contributed by atoms with Crippen molar-refractivity contribution in [3.8, 4) is 0 Å². The Kier molecular flexibility index (Phi) is 5.88. The molecule has 1 N–H and O–H groups in total. The molecule has 0 bridgehead atoms. The number of rotatable bonds is 6. The molecule has 1 amide bonds. The number of furan rings is 1. The minimum absolute atomic E-state index is 0.134. The Bertz CT molecular complexity index is 585. The van der Waals surface area contributed by atoms with E-state index in [0.29, 0.717) is 11.5 Å². The third kappa shape index (κ3) is 4.86. The Balaban J connectivity index is 1.69. The summed E-state index contributed by atoms with van der Waals surface area (Å²) in [5, 5.41) is 3.82. The largest absolute Gasteiger partial charge is 0.463 e. The highest BCUT2D eigenvalue weighted by atomic mass is 79.9. The number of carbonyl (C=O) groups is 1. The van der Waals surface area contributed by atoms with E-state index in [1.165, 1.54) is 23.5 Å².